The van der Waals surface area contributed by atoms with Gasteiger partial charge < -0.3 is 10.1 Å². The van der Waals surface area contributed by atoms with Crippen molar-refractivity contribution in [3.63, 3.8) is 0 Å². The molecular weight excluding hydrogens is 290 g/mol. The summed E-state index contributed by atoms with van der Waals surface area (Å²) in [5.74, 6) is -0.520. The zero-order chi connectivity index (χ0) is 16.8. The molecule has 4 nitrogen and oxygen atoms in total. The highest BCUT2D eigenvalue weighted by Crippen LogP contribution is 2.14. The van der Waals surface area contributed by atoms with E-state index in [1.807, 2.05) is 32.9 Å². The number of anilines is 1. The summed E-state index contributed by atoms with van der Waals surface area (Å²) in [5.41, 5.74) is 3.95. The first-order valence-electron chi connectivity index (χ1n) is 7.67. The highest BCUT2D eigenvalue weighted by molar-refractivity contribution is 6.04. The molecule has 0 fully saturated rings. The molecule has 0 aliphatic rings. The van der Waals surface area contributed by atoms with Gasteiger partial charge in [0.25, 0.3) is 5.91 Å². The molecule has 23 heavy (non-hydrogen) atoms. The van der Waals surface area contributed by atoms with Crippen molar-refractivity contribution < 1.29 is 14.3 Å². The summed E-state index contributed by atoms with van der Waals surface area (Å²) in [5, 5.41) is 2.82. The Morgan fingerprint density at radius 3 is 2.22 bits per heavy atom. The molecule has 0 radical (unpaired) electrons. The van der Waals surface area contributed by atoms with Crippen molar-refractivity contribution in [2.75, 3.05) is 11.9 Å². The van der Waals surface area contributed by atoms with E-state index >= 15 is 0 Å². The Morgan fingerprint density at radius 2 is 1.61 bits per heavy atom. The molecular formula is C19H21NO3. The molecule has 4 heteroatoms. The third-order valence-corrected chi connectivity index (χ3v) is 3.58. The van der Waals surface area contributed by atoms with Crippen LogP contribution in [0.3, 0.4) is 0 Å². The number of ether oxygens (including phenoxy) is 1. The molecule has 0 saturated heterocycles. The van der Waals surface area contributed by atoms with E-state index in [1.54, 1.807) is 30.3 Å². The second-order valence-electron chi connectivity index (χ2n) is 5.47. The lowest BCUT2D eigenvalue weighted by Gasteiger charge is -2.08. The summed E-state index contributed by atoms with van der Waals surface area (Å²) in [6.45, 7) is 6.33. The molecule has 0 heterocycles. The van der Waals surface area contributed by atoms with Crippen molar-refractivity contribution in [3.8, 4) is 0 Å². The predicted molar refractivity (Wildman–Crippen MR) is 90.9 cm³/mol. The lowest BCUT2D eigenvalue weighted by atomic mass is 10.1. The van der Waals surface area contributed by atoms with Gasteiger partial charge in [0.1, 0.15) is 0 Å². The summed E-state index contributed by atoms with van der Waals surface area (Å²) in [7, 11) is 0. The van der Waals surface area contributed by atoms with Gasteiger partial charge in [-0.2, -0.15) is 0 Å². The fourth-order valence-electron chi connectivity index (χ4n) is 2.05. The first-order chi connectivity index (χ1) is 11.0. The Morgan fingerprint density at radius 1 is 0.957 bits per heavy atom. The van der Waals surface area contributed by atoms with Crippen molar-refractivity contribution in [3.05, 3.63) is 64.7 Å². The van der Waals surface area contributed by atoms with E-state index in [4.69, 9.17) is 4.74 Å². The minimum absolute atomic E-state index is 0.172. The van der Waals surface area contributed by atoms with E-state index in [9.17, 15) is 9.59 Å². The number of amides is 1. The summed E-state index contributed by atoms with van der Waals surface area (Å²) in [4.78, 5) is 24.0. The Labute approximate surface area is 136 Å². The minimum atomic E-state index is -0.348. The van der Waals surface area contributed by atoms with Crippen LogP contribution in [0.5, 0.6) is 0 Å². The number of carbonyl (C=O) groups is 2. The maximum Gasteiger partial charge on any atom is 0.338 e. The monoisotopic (exact) mass is 311 g/mol. The lowest BCUT2D eigenvalue weighted by molar-refractivity contribution is 0.0505. The van der Waals surface area contributed by atoms with Crippen LogP contribution in [-0.4, -0.2) is 18.5 Å². The molecule has 0 aliphatic carbocycles. The average molecular weight is 311 g/mol. The van der Waals surface area contributed by atoms with Crippen LogP contribution in [0.1, 0.15) is 45.2 Å². The van der Waals surface area contributed by atoms with Gasteiger partial charge in [0.15, 0.2) is 0 Å². The molecule has 2 aromatic rings. The number of hydrogen-bond donors (Lipinski definition) is 1. The van der Waals surface area contributed by atoms with Crippen LogP contribution in [0.25, 0.3) is 0 Å². The first-order valence-corrected chi connectivity index (χ1v) is 7.67. The molecule has 0 atom stereocenters. The molecule has 2 rings (SSSR count). The summed E-state index contributed by atoms with van der Waals surface area (Å²) >= 11 is 0. The Hall–Kier alpha value is -2.62. The Kier molecular flexibility index (Phi) is 5.52. The van der Waals surface area contributed by atoms with Gasteiger partial charge in [0, 0.05) is 11.3 Å². The number of aryl methyl sites for hydroxylation is 2. The molecule has 1 amide bonds. The third kappa shape index (κ3) is 4.42. The van der Waals surface area contributed by atoms with E-state index in [1.165, 1.54) is 0 Å². The van der Waals surface area contributed by atoms with Crippen molar-refractivity contribution in [2.24, 2.45) is 0 Å². The topological polar surface area (TPSA) is 55.4 Å². The predicted octanol–water partition coefficient (Wildman–Crippen LogP) is 4.12. The first kappa shape index (κ1) is 16.7. The number of hydrogen-bond acceptors (Lipinski definition) is 3. The summed E-state index contributed by atoms with van der Waals surface area (Å²) in [6, 6.07) is 12.3. The van der Waals surface area contributed by atoms with Crippen molar-refractivity contribution in [1.82, 2.24) is 0 Å². The van der Waals surface area contributed by atoms with Gasteiger partial charge in [0.05, 0.1) is 12.2 Å². The highest BCUT2D eigenvalue weighted by Gasteiger charge is 2.09. The maximum atomic E-state index is 12.2. The lowest BCUT2D eigenvalue weighted by Crippen LogP contribution is -2.12. The smallest absolute Gasteiger partial charge is 0.338 e. The zero-order valence-electron chi connectivity index (χ0n) is 13.7. The normalized spacial score (nSPS) is 10.2. The largest absolute Gasteiger partial charge is 0.462 e. The van der Waals surface area contributed by atoms with E-state index in [2.05, 4.69) is 5.32 Å². The van der Waals surface area contributed by atoms with Crippen molar-refractivity contribution in [1.29, 1.82) is 0 Å². The quantitative estimate of drug-likeness (QED) is 0.845. The fourth-order valence-corrected chi connectivity index (χ4v) is 2.05. The van der Waals surface area contributed by atoms with Gasteiger partial charge in [-0.3, -0.25) is 4.79 Å². The number of rotatable bonds is 5. The molecule has 0 spiro atoms. The van der Waals surface area contributed by atoms with Gasteiger partial charge in [-0.05, 0) is 67.8 Å². The van der Waals surface area contributed by atoms with Gasteiger partial charge >= 0.3 is 5.97 Å². The van der Waals surface area contributed by atoms with Crippen LogP contribution in [0.2, 0.25) is 0 Å². The number of esters is 1. The average Bonchev–Trinajstić information content (AvgIpc) is 2.55. The van der Waals surface area contributed by atoms with Gasteiger partial charge in [-0.15, -0.1) is 0 Å². The van der Waals surface area contributed by atoms with E-state index in [-0.39, 0.29) is 11.9 Å². The van der Waals surface area contributed by atoms with Crippen molar-refractivity contribution >= 4 is 17.6 Å². The van der Waals surface area contributed by atoms with Crippen LogP contribution in [0.4, 0.5) is 5.69 Å². The molecule has 2 aromatic carbocycles. The summed E-state index contributed by atoms with van der Waals surface area (Å²) < 4.78 is 5.07. The summed E-state index contributed by atoms with van der Waals surface area (Å²) in [6.07, 6.45) is 0.788. The zero-order valence-corrected chi connectivity index (χ0v) is 13.7. The van der Waals surface area contributed by atoms with Crippen LogP contribution in [-0.2, 0) is 4.74 Å². The second kappa shape index (κ2) is 7.58. The molecule has 0 saturated carbocycles. The Bertz CT molecular complexity index is 705. The fraction of sp³-hybridized carbons (Fsp3) is 0.263. The second-order valence-corrected chi connectivity index (χ2v) is 5.47. The molecule has 120 valence electrons. The SMILES string of the molecule is CCCOC(=O)c1ccc(NC(=O)c2ccc(C)c(C)c2)cc1. The van der Waals surface area contributed by atoms with Crippen LogP contribution >= 0.6 is 0 Å². The number of benzene rings is 2. The van der Waals surface area contributed by atoms with Crippen LogP contribution < -0.4 is 5.32 Å². The van der Waals surface area contributed by atoms with Crippen LogP contribution in [0, 0.1) is 13.8 Å². The highest BCUT2D eigenvalue weighted by atomic mass is 16.5. The van der Waals surface area contributed by atoms with Gasteiger partial charge in [-0.1, -0.05) is 13.0 Å². The molecule has 0 unspecified atom stereocenters. The van der Waals surface area contributed by atoms with E-state index in [0.29, 0.717) is 23.4 Å². The molecule has 0 aliphatic heterocycles. The maximum absolute atomic E-state index is 12.2. The molecule has 0 aromatic heterocycles. The third-order valence-electron chi connectivity index (χ3n) is 3.58. The van der Waals surface area contributed by atoms with E-state index in [0.717, 1.165) is 17.5 Å². The van der Waals surface area contributed by atoms with Gasteiger partial charge in [-0.25, -0.2) is 4.79 Å². The van der Waals surface area contributed by atoms with E-state index < -0.39 is 0 Å². The van der Waals surface area contributed by atoms with Crippen molar-refractivity contribution in [2.45, 2.75) is 27.2 Å². The van der Waals surface area contributed by atoms with Gasteiger partial charge in [0.2, 0.25) is 0 Å². The number of carbonyl (C=O) groups excluding carboxylic acids is 2. The standard InChI is InChI=1S/C19H21NO3/c1-4-11-23-19(22)15-7-9-17(10-8-15)20-18(21)16-6-5-13(2)14(3)12-16/h5-10,12H,4,11H2,1-3H3,(H,20,21). The number of nitrogens with one attached hydrogen (secondary N) is 1. The van der Waals surface area contributed by atoms with Crippen LogP contribution in [0.15, 0.2) is 42.5 Å². The minimum Gasteiger partial charge on any atom is -0.462 e. The molecule has 1 N–H and O–H groups in total. The molecule has 0 bridgehead atoms. The Balaban J connectivity index is 2.04.